The van der Waals surface area contributed by atoms with E-state index in [1.54, 1.807) is 0 Å². The second-order valence-corrected chi connectivity index (χ2v) is 2.24. The third-order valence-corrected chi connectivity index (χ3v) is 1.43. The van der Waals surface area contributed by atoms with Crippen LogP contribution in [-0.2, 0) is 0 Å². The number of nitrogens with one attached hydrogen (secondary N) is 1. The van der Waals surface area contributed by atoms with Crippen molar-refractivity contribution in [1.82, 2.24) is 5.32 Å². The minimum atomic E-state index is 0.327. The Kier molecular flexibility index (Phi) is 5.22. The first-order valence-corrected chi connectivity index (χ1v) is 3.35. The molecule has 0 amide bonds. The van der Waals surface area contributed by atoms with Crippen molar-refractivity contribution < 1.29 is 0 Å². The van der Waals surface area contributed by atoms with E-state index >= 15 is 0 Å². The van der Waals surface area contributed by atoms with E-state index in [0.717, 1.165) is 13.0 Å². The summed E-state index contributed by atoms with van der Waals surface area (Å²) in [4.78, 5) is 0. The van der Waals surface area contributed by atoms with Crippen LogP contribution in [0.3, 0.4) is 0 Å². The Morgan fingerprint density at radius 2 is 2.50 bits per heavy atom. The van der Waals surface area contributed by atoms with E-state index in [1.807, 2.05) is 6.08 Å². The molecule has 8 heavy (non-hydrogen) atoms. The molecule has 0 fully saturated rings. The molecule has 0 radical (unpaired) electrons. The molecule has 0 spiro atoms. The normalized spacial score (nSPS) is 13.2. The van der Waals surface area contributed by atoms with Gasteiger partial charge in [-0.1, -0.05) is 13.0 Å². The summed E-state index contributed by atoms with van der Waals surface area (Å²) in [5, 5.41) is 3.45. The molecule has 0 aromatic carbocycles. The predicted molar refractivity (Wildman–Crippen MR) is 41.3 cm³/mol. The molecule has 1 atom stereocenters. The van der Waals surface area contributed by atoms with E-state index in [1.165, 1.54) is 0 Å². The van der Waals surface area contributed by atoms with Gasteiger partial charge >= 0.3 is 0 Å². The van der Waals surface area contributed by atoms with Crippen LogP contribution in [0.25, 0.3) is 0 Å². The average molecular weight is 131 g/mol. The Bertz CT molecular complexity index is 63.5. The molecule has 1 unspecified atom stereocenters. The zero-order valence-corrected chi connectivity index (χ0v) is 6.12. The van der Waals surface area contributed by atoms with Gasteiger partial charge in [0, 0.05) is 6.54 Å². The van der Waals surface area contributed by atoms with Crippen molar-refractivity contribution in [2.75, 3.05) is 6.54 Å². The van der Waals surface area contributed by atoms with E-state index in [4.69, 9.17) is 0 Å². The molecular formula is C6H13NS. The number of hydrogen-bond acceptors (Lipinski definition) is 2. The van der Waals surface area contributed by atoms with Crippen molar-refractivity contribution in [1.29, 1.82) is 0 Å². The largest absolute Gasteiger partial charge is 0.302 e. The molecule has 0 saturated heterocycles. The van der Waals surface area contributed by atoms with Crippen molar-refractivity contribution in [3.63, 3.8) is 0 Å². The van der Waals surface area contributed by atoms with E-state index < -0.39 is 0 Å². The summed E-state index contributed by atoms with van der Waals surface area (Å²) in [6, 6.07) is 0. The lowest BCUT2D eigenvalue weighted by molar-refractivity contribution is 0.685. The van der Waals surface area contributed by atoms with Gasteiger partial charge in [0.25, 0.3) is 0 Å². The Balaban J connectivity index is 2.97. The maximum Gasteiger partial charge on any atom is 0.0502 e. The molecule has 1 nitrogen and oxygen atoms in total. The molecule has 0 bridgehead atoms. The van der Waals surface area contributed by atoms with Crippen molar-refractivity contribution in [3.05, 3.63) is 12.7 Å². The Morgan fingerprint density at radius 1 is 1.88 bits per heavy atom. The fraction of sp³-hybridized carbons (Fsp3) is 0.667. The molecule has 0 saturated carbocycles. The molecule has 0 aromatic heterocycles. The fourth-order valence-corrected chi connectivity index (χ4v) is 0.469. The highest BCUT2D eigenvalue weighted by molar-refractivity contribution is 7.80. The number of hydrogen-bond donors (Lipinski definition) is 2. The van der Waals surface area contributed by atoms with Crippen LogP contribution in [-0.4, -0.2) is 11.9 Å². The van der Waals surface area contributed by atoms with Gasteiger partial charge in [-0.05, 0) is 6.42 Å². The summed E-state index contributed by atoms with van der Waals surface area (Å²) < 4.78 is 0. The van der Waals surface area contributed by atoms with Crippen LogP contribution in [0.1, 0.15) is 13.3 Å². The second-order valence-electron chi connectivity index (χ2n) is 1.62. The summed E-state index contributed by atoms with van der Waals surface area (Å²) in [5.41, 5.74) is 0. The van der Waals surface area contributed by atoms with Gasteiger partial charge in [-0.15, -0.1) is 6.58 Å². The monoisotopic (exact) mass is 131 g/mol. The smallest absolute Gasteiger partial charge is 0.0502 e. The number of rotatable bonds is 4. The zero-order chi connectivity index (χ0) is 6.41. The first-order chi connectivity index (χ1) is 3.81. The van der Waals surface area contributed by atoms with Crippen molar-refractivity contribution in [2.45, 2.75) is 18.7 Å². The van der Waals surface area contributed by atoms with Crippen molar-refractivity contribution in [3.8, 4) is 0 Å². The standard InChI is InChI=1S/C6H13NS/c1-3-5-7-6(8)4-2/h3,6-8H,1,4-5H2,2H3. The quantitative estimate of drug-likeness (QED) is 0.334. The lowest BCUT2D eigenvalue weighted by atomic mass is 10.4. The maximum absolute atomic E-state index is 4.21. The van der Waals surface area contributed by atoms with E-state index in [0.29, 0.717) is 5.37 Å². The van der Waals surface area contributed by atoms with Gasteiger partial charge < -0.3 is 5.32 Å². The van der Waals surface area contributed by atoms with Crippen LogP contribution < -0.4 is 5.32 Å². The molecule has 48 valence electrons. The van der Waals surface area contributed by atoms with Crippen LogP contribution in [0.4, 0.5) is 0 Å². The van der Waals surface area contributed by atoms with Gasteiger partial charge in [0.1, 0.15) is 0 Å². The lowest BCUT2D eigenvalue weighted by Gasteiger charge is -2.06. The predicted octanol–water partition coefficient (Wildman–Crippen LogP) is 1.43. The fourth-order valence-electron chi connectivity index (χ4n) is 0.364. The Labute approximate surface area is 56.6 Å². The van der Waals surface area contributed by atoms with Gasteiger partial charge in [-0.2, -0.15) is 12.6 Å². The highest BCUT2D eigenvalue weighted by atomic mass is 32.1. The minimum Gasteiger partial charge on any atom is -0.302 e. The summed E-state index contributed by atoms with van der Waals surface area (Å²) >= 11 is 4.21. The molecule has 0 aliphatic carbocycles. The topological polar surface area (TPSA) is 12.0 Å². The number of thiol groups is 1. The molecule has 0 aromatic rings. The molecule has 0 rings (SSSR count). The SMILES string of the molecule is C=CCNC(S)CC. The molecule has 2 heteroatoms. The van der Waals surface area contributed by atoms with Crippen LogP contribution in [0, 0.1) is 0 Å². The highest BCUT2D eigenvalue weighted by Gasteiger charge is 1.92. The van der Waals surface area contributed by atoms with Crippen LogP contribution in [0.5, 0.6) is 0 Å². The van der Waals surface area contributed by atoms with Gasteiger partial charge in [0.2, 0.25) is 0 Å². The Hall–Kier alpha value is 0.0500. The van der Waals surface area contributed by atoms with Crippen LogP contribution in [0.2, 0.25) is 0 Å². The van der Waals surface area contributed by atoms with Gasteiger partial charge in [-0.3, -0.25) is 0 Å². The van der Waals surface area contributed by atoms with Crippen molar-refractivity contribution in [2.24, 2.45) is 0 Å². The van der Waals surface area contributed by atoms with E-state index in [-0.39, 0.29) is 0 Å². The summed E-state index contributed by atoms with van der Waals surface area (Å²) in [6.45, 7) is 6.51. The zero-order valence-electron chi connectivity index (χ0n) is 5.22. The third kappa shape index (κ3) is 4.22. The summed E-state index contributed by atoms with van der Waals surface area (Å²) in [7, 11) is 0. The summed E-state index contributed by atoms with van der Waals surface area (Å²) in [5.74, 6) is 0. The molecule has 0 aliphatic heterocycles. The molecular weight excluding hydrogens is 118 g/mol. The first-order valence-electron chi connectivity index (χ1n) is 2.83. The van der Waals surface area contributed by atoms with Crippen LogP contribution in [0.15, 0.2) is 12.7 Å². The first kappa shape index (κ1) is 8.05. The maximum atomic E-state index is 4.21. The van der Waals surface area contributed by atoms with E-state index in [9.17, 15) is 0 Å². The second kappa shape index (κ2) is 5.19. The third-order valence-electron chi connectivity index (χ3n) is 0.885. The minimum absolute atomic E-state index is 0.327. The molecule has 1 N–H and O–H groups in total. The van der Waals surface area contributed by atoms with Gasteiger partial charge in [0.05, 0.1) is 5.37 Å². The highest BCUT2D eigenvalue weighted by Crippen LogP contribution is 1.92. The van der Waals surface area contributed by atoms with Crippen molar-refractivity contribution >= 4 is 12.6 Å². The average Bonchev–Trinajstić information content (AvgIpc) is 1.83. The summed E-state index contributed by atoms with van der Waals surface area (Å²) in [6.07, 6.45) is 2.88. The van der Waals surface area contributed by atoms with Gasteiger partial charge in [0.15, 0.2) is 0 Å². The Morgan fingerprint density at radius 3 is 2.88 bits per heavy atom. The van der Waals surface area contributed by atoms with Crippen LogP contribution >= 0.6 is 12.6 Å². The lowest BCUT2D eigenvalue weighted by Crippen LogP contribution is -2.22. The molecule has 0 heterocycles. The van der Waals surface area contributed by atoms with E-state index in [2.05, 4.69) is 31.4 Å². The molecule has 0 aliphatic rings. The van der Waals surface area contributed by atoms with Gasteiger partial charge in [-0.25, -0.2) is 0 Å².